The maximum atomic E-state index is 13.6. The standard InChI is InChI=1S/C18H20ClFN2O4S/c1-12(11-26-17-7-5-4-6-16(17)20)21-18(23)14-10-13(8-9-15(14)19)27(24,25)22(2)3/h4-10,12H,11H2,1-3H3,(H,21,23). The smallest absolute Gasteiger partial charge is 0.253 e. The number of amides is 1. The maximum Gasteiger partial charge on any atom is 0.253 e. The molecular formula is C18H20ClFN2O4S. The molecular weight excluding hydrogens is 395 g/mol. The Kier molecular flexibility index (Phi) is 6.80. The summed E-state index contributed by atoms with van der Waals surface area (Å²) in [6, 6.07) is 9.37. The van der Waals surface area contributed by atoms with Gasteiger partial charge < -0.3 is 10.1 Å². The van der Waals surface area contributed by atoms with Crippen LogP contribution in [0.25, 0.3) is 0 Å². The highest BCUT2D eigenvalue weighted by atomic mass is 35.5. The molecule has 1 atom stereocenters. The van der Waals surface area contributed by atoms with Crippen LogP contribution in [0.3, 0.4) is 0 Å². The highest BCUT2D eigenvalue weighted by Gasteiger charge is 2.21. The quantitative estimate of drug-likeness (QED) is 0.755. The summed E-state index contributed by atoms with van der Waals surface area (Å²) in [6.07, 6.45) is 0. The molecule has 0 radical (unpaired) electrons. The van der Waals surface area contributed by atoms with E-state index in [2.05, 4.69) is 5.32 Å². The summed E-state index contributed by atoms with van der Waals surface area (Å²) in [4.78, 5) is 12.4. The first kappa shape index (κ1) is 21.1. The summed E-state index contributed by atoms with van der Waals surface area (Å²) in [7, 11) is -0.912. The van der Waals surface area contributed by atoms with Crippen molar-refractivity contribution in [2.24, 2.45) is 0 Å². The number of carbonyl (C=O) groups excluding carboxylic acids is 1. The Morgan fingerprint density at radius 1 is 1.26 bits per heavy atom. The largest absolute Gasteiger partial charge is 0.488 e. The van der Waals surface area contributed by atoms with Gasteiger partial charge in [0.05, 0.1) is 21.5 Å². The van der Waals surface area contributed by atoms with Gasteiger partial charge in [-0.2, -0.15) is 0 Å². The maximum absolute atomic E-state index is 13.6. The van der Waals surface area contributed by atoms with Crippen LogP contribution < -0.4 is 10.1 Å². The summed E-state index contributed by atoms with van der Waals surface area (Å²) in [5.41, 5.74) is 0.0253. The van der Waals surface area contributed by atoms with Crippen LogP contribution >= 0.6 is 11.6 Å². The van der Waals surface area contributed by atoms with Gasteiger partial charge in [-0.15, -0.1) is 0 Å². The average Bonchev–Trinajstić information content (AvgIpc) is 2.61. The third-order valence-corrected chi connectivity index (χ3v) is 5.80. The number of benzene rings is 2. The van der Waals surface area contributed by atoms with Crippen molar-refractivity contribution >= 4 is 27.5 Å². The molecule has 0 spiro atoms. The van der Waals surface area contributed by atoms with Gasteiger partial charge in [-0.3, -0.25) is 4.79 Å². The number of hydrogen-bond donors (Lipinski definition) is 1. The van der Waals surface area contributed by atoms with Crippen molar-refractivity contribution in [1.82, 2.24) is 9.62 Å². The highest BCUT2D eigenvalue weighted by Crippen LogP contribution is 2.22. The second-order valence-electron chi connectivity index (χ2n) is 6.05. The van der Waals surface area contributed by atoms with Gasteiger partial charge in [-0.25, -0.2) is 17.1 Å². The van der Waals surface area contributed by atoms with Crippen molar-refractivity contribution in [2.75, 3.05) is 20.7 Å². The van der Waals surface area contributed by atoms with E-state index in [0.29, 0.717) is 0 Å². The van der Waals surface area contributed by atoms with Crippen LogP contribution in [0.1, 0.15) is 17.3 Å². The van der Waals surface area contributed by atoms with Gasteiger partial charge in [-0.05, 0) is 37.3 Å². The van der Waals surface area contributed by atoms with E-state index in [9.17, 15) is 17.6 Å². The summed E-state index contributed by atoms with van der Waals surface area (Å²) in [5, 5.41) is 2.77. The van der Waals surface area contributed by atoms with Crippen molar-refractivity contribution in [3.05, 3.63) is 58.9 Å². The molecule has 0 saturated carbocycles. The molecule has 0 saturated heterocycles. The first-order chi connectivity index (χ1) is 12.6. The number of sulfonamides is 1. The van der Waals surface area contributed by atoms with Crippen molar-refractivity contribution < 1.29 is 22.3 Å². The number of halogens is 2. The molecule has 1 amide bonds. The summed E-state index contributed by atoms with van der Waals surface area (Å²) >= 11 is 6.05. The summed E-state index contributed by atoms with van der Waals surface area (Å²) in [5.74, 6) is -0.975. The van der Waals surface area contributed by atoms with Crippen LogP contribution in [-0.4, -0.2) is 45.4 Å². The minimum atomic E-state index is -3.70. The van der Waals surface area contributed by atoms with Gasteiger partial charge in [-0.1, -0.05) is 23.7 Å². The number of nitrogens with one attached hydrogen (secondary N) is 1. The Labute approximate surface area is 162 Å². The molecule has 0 aliphatic carbocycles. The van der Waals surface area contributed by atoms with E-state index in [1.54, 1.807) is 19.1 Å². The predicted octanol–water partition coefficient (Wildman–Crippen LogP) is 2.93. The minimum Gasteiger partial charge on any atom is -0.488 e. The van der Waals surface area contributed by atoms with Gasteiger partial charge >= 0.3 is 0 Å². The molecule has 0 bridgehead atoms. The molecule has 2 rings (SSSR count). The average molecular weight is 415 g/mol. The zero-order valence-corrected chi connectivity index (χ0v) is 16.6. The summed E-state index contributed by atoms with van der Waals surface area (Å²) < 4.78 is 44.4. The molecule has 1 N–H and O–H groups in total. The van der Waals surface area contributed by atoms with Crippen molar-refractivity contribution in [1.29, 1.82) is 0 Å². The van der Waals surface area contributed by atoms with Crippen molar-refractivity contribution in [2.45, 2.75) is 17.9 Å². The molecule has 0 aromatic heterocycles. The molecule has 0 fully saturated rings. The van der Waals surface area contributed by atoms with Crippen molar-refractivity contribution in [3.8, 4) is 5.75 Å². The SMILES string of the molecule is CC(COc1ccccc1F)NC(=O)c1cc(S(=O)(=O)N(C)C)ccc1Cl. The van der Waals surface area contributed by atoms with Crippen LogP contribution in [0.4, 0.5) is 4.39 Å². The van der Waals surface area contributed by atoms with Gasteiger partial charge in [0.2, 0.25) is 10.0 Å². The topological polar surface area (TPSA) is 75.7 Å². The van der Waals surface area contributed by atoms with Gasteiger partial charge in [0, 0.05) is 14.1 Å². The number of para-hydroxylation sites is 1. The predicted molar refractivity (Wildman–Crippen MR) is 101 cm³/mol. The minimum absolute atomic E-state index is 0.0253. The van der Waals surface area contributed by atoms with Crippen LogP contribution in [0.5, 0.6) is 5.75 Å². The molecule has 27 heavy (non-hydrogen) atoms. The zero-order valence-electron chi connectivity index (χ0n) is 15.1. The van der Waals surface area contributed by atoms with Gasteiger partial charge in [0.15, 0.2) is 11.6 Å². The lowest BCUT2D eigenvalue weighted by molar-refractivity contribution is 0.0926. The lowest BCUT2D eigenvalue weighted by Crippen LogP contribution is -2.37. The first-order valence-corrected chi connectivity index (χ1v) is 9.85. The number of carbonyl (C=O) groups is 1. The fourth-order valence-electron chi connectivity index (χ4n) is 2.17. The number of ether oxygens (including phenoxy) is 1. The van der Waals surface area contributed by atoms with E-state index in [4.69, 9.17) is 16.3 Å². The first-order valence-electron chi connectivity index (χ1n) is 8.03. The van der Waals surface area contributed by atoms with E-state index in [1.807, 2.05) is 0 Å². The van der Waals surface area contributed by atoms with Crippen LogP contribution in [0, 0.1) is 5.82 Å². The van der Waals surface area contributed by atoms with E-state index in [-0.39, 0.29) is 27.8 Å². The van der Waals surface area contributed by atoms with E-state index >= 15 is 0 Å². The third-order valence-electron chi connectivity index (χ3n) is 3.66. The van der Waals surface area contributed by atoms with Gasteiger partial charge in [0.1, 0.15) is 6.61 Å². The molecule has 0 aliphatic heterocycles. The molecule has 2 aromatic carbocycles. The number of rotatable bonds is 7. The van der Waals surface area contributed by atoms with Crippen LogP contribution in [0.2, 0.25) is 5.02 Å². The second kappa shape index (κ2) is 8.69. The monoisotopic (exact) mass is 414 g/mol. The Hall–Kier alpha value is -2.16. The fourth-order valence-corrected chi connectivity index (χ4v) is 3.30. The molecule has 2 aromatic rings. The Morgan fingerprint density at radius 2 is 1.93 bits per heavy atom. The fraction of sp³-hybridized carbons (Fsp3) is 0.278. The Balaban J connectivity index is 2.10. The zero-order chi connectivity index (χ0) is 20.2. The molecule has 9 heteroatoms. The second-order valence-corrected chi connectivity index (χ2v) is 8.60. The number of hydrogen-bond acceptors (Lipinski definition) is 4. The number of nitrogens with zero attached hydrogens (tertiary/aromatic N) is 1. The normalized spacial score (nSPS) is 12.7. The molecule has 0 heterocycles. The Bertz CT molecular complexity index is 935. The van der Waals surface area contributed by atoms with E-state index in [1.165, 1.54) is 44.4 Å². The van der Waals surface area contributed by atoms with Crippen LogP contribution in [-0.2, 0) is 10.0 Å². The van der Waals surface area contributed by atoms with Gasteiger partial charge in [0.25, 0.3) is 5.91 Å². The highest BCUT2D eigenvalue weighted by molar-refractivity contribution is 7.89. The molecule has 0 aliphatic rings. The van der Waals surface area contributed by atoms with E-state index in [0.717, 1.165) is 4.31 Å². The third kappa shape index (κ3) is 5.18. The molecule has 6 nitrogen and oxygen atoms in total. The lowest BCUT2D eigenvalue weighted by atomic mass is 10.2. The van der Waals surface area contributed by atoms with E-state index < -0.39 is 27.8 Å². The van der Waals surface area contributed by atoms with Crippen LogP contribution in [0.15, 0.2) is 47.4 Å². The van der Waals surface area contributed by atoms with Crippen molar-refractivity contribution in [3.63, 3.8) is 0 Å². The summed E-state index contributed by atoms with van der Waals surface area (Å²) in [6.45, 7) is 1.70. The Morgan fingerprint density at radius 3 is 2.56 bits per heavy atom. The molecule has 1 unspecified atom stereocenters. The lowest BCUT2D eigenvalue weighted by Gasteiger charge is -2.17. The molecule has 146 valence electrons.